The lowest BCUT2D eigenvalue weighted by atomic mass is 9.84. The fourth-order valence-corrected chi connectivity index (χ4v) is 2.46. The Labute approximate surface area is 108 Å². The molecule has 3 heteroatoms. The number of phenols is 1. The van der Waals surface area contributed by atoms with E-state index in [1.807, 2.05) is 13.8 Å². The Bertz CT molecular complexity index is 343. The maximum atomic E-state index is 10.2. The van der Waals surface area contributed by atoms with Gasteiger partial charge in [0, 0.05) is 16.5 Å². The van der Waals surface area contributed by atoms with Crippen LogP contribution in [0, 0.1) is 5.92 Å². The van der Waals surface area contributed by atoms with Gasteiger partial charge in [0.1, 0.15) is 5.75 Å². The molecule has 0 fully saturated rings. The lowest BCUT2D eigenvalue weighted by Gasteiger charge is -2.27. The van der Waals surface area contributed by atoms with Crippen molar-refractivity contribution in [1.29, 1.82) is 0 Å². The predicted molar refractivity (Wildman–Crippen MR) is 71.6 cm³/mol. The van der Waals surface area contributed by atoms with Gasteiger partial charge in [-0.25, -0.2) is 0 Å². The SMILES string of the molecule is CCC[C@H](c1c(O)cccc1Cl)C(O)C(C)C. The second-order valence-corrected chi connectivity index (χ2v) is 5.21. The van der Waals surface area contributed by atoms with E-state index in [2.05, 4.69) is 6.92 Å². The molecule has 96 valence electrons. The van der Waals surface area contributed by atoms with Gasteiger partial charge in [-0.3, -0.25) is 0 Å². The summed E-state index contributed by atoms with van der Waals surface area (Å²) in [4.78, 5) is 0. The van der Waals surface area contributed by atoms with Gasteiger partial charge in [0.2, 0.25) is 0 Å². The average molecular weight is 257 g/mol. The molecule has 1 aromatic carbocycles. The molecule has 17 heavy (non-hydrogen) atoms. The molecule has 0 heterocycles. The topological polar surface area (TPSA) is 40.5 Å². The van der Waals surface area contributed by atoms with Gasteiger partial charge < -0.3 is 10.2 Å². The molecule has 1 unspecified atom stereocenters. The van der Waals surface area contributed by atoms with E-state index < -0.39 is 6.10 Å². The van der Waals surface area contributed by atoms with Crippen LogP contribution in [0.2, 0.25) is 5.02 Å². The predicted octanol–water partition coefficient (Wildman–Crippen LogP) is 3.95. The number of benzene rings is 1. The van der Waals surface area contributed by atoms with Crippen LogP contribution in [0.4, 0.5) is 0 Å². The summed E-state index contributed by atoms with van der Waals surface area (Å²) >= 11 is 6.14. The van der Waals surface area contributed by atoms with Crippen molar-refractivity contribution < 1.29 is 10.2 Å². The molecule has 2 atom stereocenters. The molecular weight excluding hydrogens is 236 g/mol. The zero-order valence-electron chi connectivity index (χ0n) is 10.7. The molecule has 0 aliphatic heterocycles. The van der Waals surface area contributed by atoms with Crippen LogP contribution in [0.1, 0.15) is 45.1 Å². The van der Waals surface area contributed by atoms with Crippen LogP contribution in [0.5, 0.6) is 5.75 Å². The summed E-state index contributed by atoms with van der Waals surface area (Å²) in [5, 5.41) is 20.7. The van der Waals surface area contributed by atoms with Gasteiger partial charge in [-0.2, -0.15) is 0 Å². The first kappa shape index (κ1) is 14.3. The van der Waals surface area contributed by atoms with Crippen molar-refractivity contribution in [3.8, 4) is 5.75 Å². The summed E-state index contributed by atoms with van der Waals surface area (Å²) in [6.45, 7) is 6.01. The van der Waals surface area contributed by atoms with Crippen LogP contribution in [-0.4, -0.2) is 16.3 Å². The average Bonchev–Trinajstić information content (AvgIpc) is 2.26. The van der Waals surface area contributed by atoms with Gasteiger partial charge in [-0.05, 0) is 24.5 Å². The Morgan fingerprint density at radius 3 is 2.41 bits per heavy atom. The fraction of sp³-hybridized carbons (Fsp3) is 0.571. The normalized spacial score (nSPS) is 14.9. The second-order valence-electron chi connectivity index (χ2n) is 4.80. The number of aliphatic hydroxyl groups excluding tert-OH is 1. The van der Waals surface area contributed by atoms with Crippen molar-refractivity contribution in [3.05, 3.63) is 28.8 Å². The number of aliphatic hydroxyl groups is 1. The number of rotatable bonds is 5. The summed E-state index contributed by atoms with van der Waals surface area (Å²) < 4.78 is 0. The van der Waals surface area contributed by atoms with Crippen LogP contribution in [0.3, 0.4) is 0 Å². The molecule has 0 spiro atoms. The number of halogens is 1. The number of hydrogen-bond acceptors (Lipinski definition) is 2. The highest BCUT2D eigenvalue weighted by Gasteiger charge is 2.27. The van der Waals surface area contributed by atoms with E-state index in [4.69, 9.17) is 11.6 Å². The van der Waals surface area contributed by atoms with E-state index >= 15 is 0 Å². The smallest absolute Gasteiger partial charge is 0.120 e. The third-order valence-electron chi connectivity index (χ3n) is 3.10. The first-order valence-electron chi connectivity index (χ1n) is 6.14. The molecule has 0 amide bonds. The Hall–Kier alpha value is -0.730. The van der Waals surface area contributed by atoms with Crippen LogP contribution in [0.15, 0.2) is 18.2 Å². The van der Waals surface area contributed by atoms with Gasteiger partial charge in [0.05, 0.1) is 6.10 Å². The van der Waals surface area contributed by atoms with Crippen molar-refractivity contribution in [2.24, 2.45) is 5.92 Å². The van der Waals surface area contributed by atoms with Gasteiger partial charge in [0.25, 0.3) is 0 Å². The van der Waals surface area contributed by atoms with E-state index in [9.17, 15) is 10.2 Å². The van der Waals surface area contributed by atoms with Crippen molar-refractivity contribution in [2.75, 3.05) is 0 Å². The first-order chi connectivity index (χ1) is 7.99. The molecule has 0 bridgehead atoms. The molecule has 2 nitrogen and oxygen atoms in total. The monoisotopic (exact) mass is 256 g/mol. The highest BCUT2D eigenvalue weighted by atomic mass is 35.5. The number of hydrogen-bond donors (Lipinski definition) is 2. The second kappa shape index (κ2) is 6.27. The minimum Gasteiger partial charge on any atom is -0.508 e. The Balaban J connectivity index is 3.13. The maximum Gasteiger partial charge on any atom is 0.120 e. The third-order valence-corrected chi connectivity index (χ3v) is 3.43. The van der Waals surface area contributed by atoms with Crippen molar-refractivity contribution in [2.45, 2.75) is 45.6 Å². The quantitative estimate of drug-likeness (QED) is 0.838. The summed E-state index contributed by atoms with van der Waals surface area (Å²) in [6.07, 6.45) is 1.27. The van der Waals surface area contributed by atoms with E-state index in [1.165, 1.54) is 0 Å². The lowest BCUT2D eigenvalue weighted by Crippen LogP contribution is -2.24. The molecule has 0 aromatic heterocycles. The van der Waals surface area contributed by atoms with Crippen LogP contribution >= 0.6 is 11.6 Å². The molecule has 0 radical (unpaired) electrons. The standard InChI is InChI=1S/C14H21ClO2/c1-4-6-10(14(17)9(2)3)13-11(15)7-5-8-12(13)16/h5,7-10,14,16-17H,4,6H2,1-3H3/t10-,14?/m1/s1. The van der Waals surface area contributed by atoms with Crippen molar-refractivity contribution in [3.63, 3.8) is 0 Å². The van der Waals surface area contributed by atoms with E-state index in [0.29, 0.717) is 10.6 Å². The van der Waals surface area contributed by atoms with Gasteiger partial charge in [0.15, 0.2) is 0 Å². The van der Waals surface area contributed by atoms with Crippen LogP contribution in [-0.2, 0) is 0 Å². The largest absolute Gasteiger partial charge is 0.508 e. The van der Waals surface area contributed by atoms with Crippen molar-refractivity contribution in [1.82, 2.24) is 0 Å². The highest BCUT2D eigenvalue weighted by molar-refractivity contribution is 6.31. The molecular formula is C14H21ClO2. The minimum atomic E-state index is -0.485. The molecule has 0 saturated carbocycles. The zero-order chi connectivity index (χ0) is 13.0. The van der Waals surface area contributed by atoms with E-state index in [1.54, 1.807) is 18.2 Å². The number of phenolic OH excluding ortho intramolecular Hbond substituents is 1. The molecule has 0 aliphatic rings. The molecule has 2 N–H and O–H groups in total. The van der Waals surface area contributed by atoms with E-state index in [0.717, 1.165) is 12.8 Å². The van der Waals surface area contributed by atoms with Gasteiger partial charge in [-0.1, -0.05) is 44.9 Å². The number of aromatic hydroxyl groups is 1. The molecule has 1 rings (SSSR count). The summed E-state index contributed by atoms with van der Waals surface area (Å²) in [7, 11) is 0. The summed E-state index contributed by atoms with van der Waals surface area (Å²) in [5.41, 5.74) is 0.678. The fourth-order valence-electron chi connectivity index (χ4n) is 2.15. The molecule has 1 aromatic rings. The molecule has 0 aliphatic carbocycles. The Morgan fingerprint density at radius 1 is 1.29 bits per heavy atom. The first-order valence-corrected chi connectivity index (χ1v) is 6.52. The maximum absolute atomic E-state index is 10.2. The zero-order valence-corrected chi connectivity index (χ0v) is 11.4. The third kappa shape index (κ3) is 3.36. The van der Waals surface area contributed by atoms with E-state index in [-0.39, 0.29) is 17.6 Å². The Kier molecular flexibility index (Phi) is 5.29. The summed E-state index contributed by atoms with van der Waals surface area (Å²) in [6, 6.07) is 5.09. The summed E-state index contributed by atoms with van der Waals surface area (Å²) in [5.74, 6) is 0.214. The van der Waals surface area contributed by atoms with Crippen LogP contribution in [0.25, 0.3) is 0 Å². The molecule has 0 saturated heterocycles. The lowest BCUT2D eigenvalue weighted by molar-refractivity contribution is 0.0913. The van der Waals surface area contributed by atoms with Crippen molar-refractivity contribution >= 4 is 11.6 Å². The van der Waals surface area contributed by atoms with Gasteiger partial charge >= 0.3 is 0 Å². The minimum absolute atomic E-state index is 0.103. The van der Waals surface area contributed by atoms with Gasteiger partial charge in [-0.15, -0.1) is 0 Å². The van der Waals surface area contributed by atoms with Crippen LogP contribution < -0.4 is 0 Å². The Morgan fingerprint density at radius 2 is 1.94 bits per heavy atom. The highest BCUT2D eigenvalue weighted by Crippen LogP contribution is 2.38.